The van der Waals surface area contributed by atoms with Gasteiger partial charge in [-0.05, 0) is 12.8 Å². The topological polar surface area (TPSA) is 66.4 Å². The molecule has 0 unspecified atom stereocenters. The van der Waals surface area contributed by atoms with Gasteiger partial charge in [-0.3, -0.25) is 0 Å². The van der Waals surface area contributed by atoms with Gasteiger partial charge in [0.25, 0.3) is 0 Å². The van der Waals surface area contributed by atoms with E-state index in [4.69, 9.17) is 17.7 Å². The molecular formula is C5H8BiBr2F3O4S. The molecule has 11 heteroatoms. The standard InChI is InChI=1S/C4H8O.CHF3O3S.Bi.2BrH/c1-2-4-5-3-1;2-1(3,4)8(5,6)7;;;/h1-4H2;(H,5,6,7);;2*1H/q;;+3;;/p-3. The zero-order valence-corrected chi connectivity index (χ0v) is 15.2. The molecule has 1 fully saturated rings. The summed E-state index contributed by atoms with van der Waals surface area (Å²) in [6.45, 7) is 2.00. The Bertz CT molecular complexity index is 235. The van der Waals surface area contributed by atoms with Gasteiger partial charge in [-0.25, -0.2) is 8.42 Å². The molecule has 0 amide bonds. The van der Waals surface area contributed by atoms with Crippen molar-refractivity contribution in [2.24, 2.45) is 0 Å². The maximum atomic E-state index is 10.7. The molecule has 0 aromatic carbocycles. The quantitative estimate of drug-likeness (QED) is 0.161. The molecule has 0 bridgehead atoms. The van der Waals surface area contributed by atoms with Gasteiger partial charge in [-0.15, -0.1) is 0 Å². The largest absolute Gasteiger partial charge is 3.00 e. The van der Waals surface area contributed by atoms with Crippen molar-refractivity contribution >= 4 is 36.3 Å². The van der Waals surface area contributed by atoms with Crippen LogP contribution in [0.25, 0.3) is 0 Å². The SMILES string of the molecule is C1CCOC1.O=S(=O)([O-])C(F)(F)F.[Bi+3].[Br-].[Br-]. The Balaban J connectivity index is -0.0000000798. The number of alkyl halides is 3. The van der Waals surface area contributed by atoms with Gasteiger partial charge in [0.1, 0.15) is 0 Å². The summed E-state index contributed by atoms with van der Waals surface area (Å²) in [6.07, 6.45) is 2.56. The third-order valence-corrected chi connectivity index (χ3v) is 1.68. The summed E-state index contributed by atoms with van der Waals surface area (Å²) in [5.74, 6) is 0. The van der Waals surface area contributed by atoms with Crippen LogP contribution in [0.2, 0.25) is 0 Å². The Labute approximate surface area is 132 Å². The molecule has 1 rings (SSSR count). The van der Waals surface area contributed by atoms with Crippen molar-refractivity contribution in [1.29, 1.82) is 0 Å². The van der Waals surface area contributed by atoms with Crippen LogP contribution in [-0.4, -0.2) is 57.9 Å². The summed E-state index contributed by atoms with van der Waals surface area (Å²) in [7, 11) is -6.09. The van der Waals surface area contributed by atoms with Crippen LogP contribution < -0.4 is 34.0 Å². The van der Waals surface area contributed by atoms with E-state index in [1.54, 1.807) is 0 Å². The first-order valence-corrected chi connectivity index (χ1v) is 4.76. The molecule has 1 aliphatic heterocycles. The predicted octanol–water partition coefficient (Wildman–Crippen LogP) is -5.52. The van der Waals surface area contributed by atoms with Crippen LogP contribution in [-0.2, 0) is 14.9 Å². The van der Waals surface area contributed by atoms with E-state index in [0.717, 1.165) is 13.2 Å². The van der Waals surface area contributed by atoms with Gasteiger partial charge in [0.15, 0.2) is 10.1 Å². The van der Waals surface area contributed by atoms with Gasteiger partial charge < -0.3 is 43.3 Å². The van der Waals surface area contributed by atoms with Crippen molar-refractivity contribution in [3.05, 3.63) is 0 Å². The molecule has 0 aromatic heterocycles. The van der Waals surface area contributed by atoms with Crippen LogP contribution in [0.15, 0.2) is 0 Å². The van der Waals surface area contributed by atoms with Crippen molar-refractivity contribution in [1.82, 2.24) is 0 Å². The molecule has 0 aromatic rings. The summed E-state index contributed by atoms with van der Waals surface area (Å²) >= 11 is 0. The summed E-state index contributed by atoms with van der Waals surface area (Å²) in [5.41, 5.74) is -5.65. The zero-order chi connectivity index (χ0) is 10.5. The maximum Gasteiger partial charge on any atom is 3.00 e. The Hall–Kier alpha value is 1.50. The molecule has 0 saturated carbocycles. The van der Waals surface area contributed by atoms with Crippen LogP contribution in [0, 0.1) is 0 Å². The van der Waals surface area contributed by atoms with E-state index in [0.29, 0.717) is 0 Å². The first-order chi connectivity index (χ1) is 5.75. The second-order valence-electron chi connectivity index (χ2n) is 2.22. The normalized spacial score (nSPS) is 14.5. The van der Waals surface area contributed by atoms with Gasteiger partial charge in [-0.2, -0.15) is 13.2 Å². The van der Waals surface area contributed by atoms with Crippen LogP contribution in [0.5, 0.6) is 0 Å². The minimum Gasteiger partial charge on any atom is -1.00 e. The van der Waals surface area contributed by atoms with E-state index < -0.39 is 15.6 Å². The minimum absolute atomic E-state index is 0. The number of rotatable bonds is 0. The van der Waals surface area contributed by atoms with Gasteiger partial charge in [0.05, 0.1) is 0 Å². The van der Waals surface area contributed by atoms with E-state index in [2.05, 4.69) is 0 Å². The van der Waals surface area contributed by atoms with Crippen molar-refractivity contribution in [3.8, 4) is 0 Å². The van der Waals surface area contributed by atoms with Crippen LogP contribution >= 0.6 is 0 Å². The van der Waals surface area contributed by atoms with E-state index >= 15 is 0 Å². The molecule has 0 aliphatic carbocycles. The predicted molar refractivity (Wildman–Crippen MR) is 41.6 cm³/mol. The Morgan fingerprint density at radius 3 is 1.38 bits per heavy atom. The van der Waals surface area contributed by atoms with E-state index in [-0.39, 0.29) is 60.2 Å². The second-order valence-corrected chi connectivity index (χ2v) is 3.59. The molecule has 0 spiro atoms. The maximum absolute atomic E-state index is 10.7. The third kappa shape index (κ3) is 13.6. The average molecular weight is 590 g/mol. The monoisotopic (exact) mass is 588 g/mol. The number of halogens is 5. The number of ether oxygens (including phenoxy) is 1. The molecule has 98 valence electrons. The van der Waals surface area contributed by atoms with Crippen LogP contribution in [0.4, 0.5) is 13.2 Å². The van der Waals surface area contributed by atoms with Crippen molar-refractivity contribution in [2.45, 2.75) is 18.3 Å². The van der Waals surface area contributed by atoms with E-state index in [1.807, 2.05) is 0 Å². The van der Waals surface area contributed by atoms with Gasteiger partial charge >= 0.3 is 31.7 Å². The summed E-state index contributed by atoms with van der Waals surface area (Å²) in [6, 6.07) is 0. The zero-order valence-electron chi connectivity index (χ0n) is 7.71. The third-order valence-electron chi connectivity index (χ3n) is 1.11. The fraction of sp³-hybridized carbons (Fsp3) is 1.00. The van der Waals surface area contributed by atoms with Crippen LogP contribution in [0.3, 0.4) is 0 Å². The Morgan fingerprint density at radius 2 is 1.31 bits per heavy atom. The van der Waals surface area contributed by atoms with Crippen LogP contribution in [0.1, 0.15) is 12.8 Å². The van der Waals surface area contributed by atoms with Crippen molar-refractivity contribution < 1.29 is 64.8 Å². The molecule has 1 aliphatic rings. The number of hydrogen-bond donors (Lipinski definition) is 0. The van der Waals surface area contributed by atoms with E-state index in [9.17, 15) is 13.2 Å². The fourth-order valence-corrected chi connectivity index (χ4v) is 0.510. The molecule has 0 N–H and O–H groups in total. The summed E-state index contributed by atoms with van der Waals surface area (Å²) in [4.78, 5) is 0. The van der Waals surface area contributed by atoms with Gasteiger partial charge in [0.2, 0.25) is 0 Å². The van der Waals surface area contributed by atoms with E-state index in [1.165, 1.54) is 12.8 Å². The van der Waals surface area contributed by atoms with Crippen molar-refractivity contribution in [2.75, 3.05) is 13.2 Å². The van der Waals surface area contributed by atoms with Crippen molar-refractivity contribution in [3.63, 3.8) is 0 Å². The molecule has 1 saturated heterocycles. The van der Waals surface area contributed by atoms with Gasteiger partial charge in [-0.1, -0.05) is 0 Å². The second kappa shape index (κ2) is 11.6. The molecular weight excluding hydrogens is 582 g/mol. The molecule has 0 atom stereocenters. The molecule has 2 radical (unpaired) electrons. The van der Waals surface area contributed by atoms with Gasteiger partial charge in [0, 0.05) is 13.2 Å². The minimum atomic E-state index is -6.09. The first kappa shape index (κ1) is 26.1. The fourth-order valence-electron chi connectivity index (χ4n) is 0.510. The summed E-state index contributed by atoms with van der Waals surface area (Å²) < 4.78 is 63.8. The Morgan fingerprint density at radius 1 is 1.06 bits per heavy atom. The molecule has 1 heterocycles. The Kier molecular flexibility index (Phi) is 18.9. The summed E-state index contributed by atoms with van der Waals surface area (Å²) in [5, 5.41) is 0. The average Bonchev–Trinajstić information content (AvgIpc) is 2.35. The smallest absolute Gasteiger partial charge is 1.00 e. The first-order valence-electron chi connectivity index (χ1n) is 3.35. The number of hydrogen-bond acceptors (Lipinski definition) is 4. The molecule has 16 heavy (non-hydrogen) atoms. The molecule has 4 nitrogen and oxygen atoms in total.